The Morgan fingerprint density at radius 1 is 1.32 bits per heavy atom. The van der Waals surface area contributed by atoms with Crippen LogP contribution in [0.3, 0.4) is 0 Å². The van der Waals surface area contributed by atoms with E-state index in [2.05, 4.69) is 5.32 Å². The normalized spacial score (nSPS) is 11.7. The Labute approximate surface area is 132 Å². The summed E-state index contributed by atoms with van der Waals surface area (Å²) < 4.78 is 5.07. The average molecular weight is 319 g/mol. The fourth-order valence-electron chi connectivity index (χ4n) is 1.96. The lowest BCUT2D eigenvalue weighted by atomic mass is 10.1. The number of ether oxygens (including phenoxy) is 1. The summed E-state index contributed by atoms with van der Waals surface area (Å²) in [6.07, 6.45) is 0.776. The second-order valence-corrected chi connectivity index (χ2v) is 5.90. The van der Waals surface area contributed by atoms with Crippen LogP contribution in [-0.2, 0) is 11.2 Å². The van der Waals surface area contributed by atoms with Gasteiger partial charge in [-0.1, -0.05) is 12.1 Å². The summed E-state index contributed by atoms with van der Waals surface area (Å²) in [6, 6.07) is 10.5. The number of thiophene rings is 1. The molecule has 0 aliphatic rings. The number of nitrogens with one attached hydrogen (secondary N) is 1. The zero-order valence-corrected chi connectivity index (χ0v) is 12.9. The van der Waals surface area contributed by atoms with E-state index in [1.165, 1.54) is 10.9 Å². The molecule has 0 spiro atoms. The van der Waals surface area contributed by atoms with E-state index >= 15 is 0 Å². The maximum atomic E-state index is 12.2. The summed E-state index contributed by atoms with van der Waals surface area (Å²) in [5.74, 6) is -0.898. The van der Waals surface area contributed by atoms with Crippen molar-refractivity contribution in [2.75, 3.05) is 6.61 Å². The van der Waals surface area contributed by atoms with Gasteiger partial charge in [-0.25, -0.2) is 4.79 Å². The second kappa shape index (κ2) is 7.61. The number of rotatable bonds is 7. The second-order valence-electron chi connectivity index (χ2n) is 4.87. The molecule has 6 heteroatoms. The molecule has 2 N–H and O–H groups in total. The molecule has 1 aromatic carbocycles. The first-order valence-corrected chi connectivity index (χ1v) is 7.70. The van der Waals surface area contributed by atoms with E-state index in [0.717, 1.165) is 6.42 Å². The van der Waals surface area contributed by atoms with Gasteiger partial charge in [0.25, 0.3) is 5.91 Å². The van der Waals surface area contributed by atoms with E-state index in [4.69, 9.17) is 9.84 Å². The Hall–Kier alpha value is -2.34. The number of benzene rings is 1. The molecule has 0 saturated carbocycles. The largest absolute Gasteiger partial charge is 0.482 e. The third-order valence-corrected chi connectivity index (χ3v) is 3.82. The first-order chi connectivity index (χ1) is 10.5. The number of carboxylic acids is 1. The van der Waals surface area contributed by atoms with E-state index in [-0.39, 0.29) is 11.9 Å². The molecule has 22 heavy (non-hydrogen) atoms. The molecule has 1 heterocycles. The quantitative estimate of drug-likeness (QED) is 0.822. The summed E-state index contributed by atoms with van der Waals surface area (Å²) >= 11 is 1.66. The predicted octanol–water partition coefficient (Wildman–Crippen LogP) is 2.57. The predicted molar refractivity (Wildman–Crippen MR) is 84.5 cm³/mol. The van der Waals surface area contributed by atoms with Crippen molar-refractivity contribution in [2.45, 2.75) is 19.4 Å². The summed E-state index contributed by atoms with van der Waals surface area (Å²) in [5, 5.41) is 13.5. The highest BCUT2D eigenvalue weighted by atomic mass is 32.1. The number of hydrogen-bond acceptors (Lipinski definition) is 4. The lowest BCUT2D eigenvalue weighted by molar-refractivity contribution is -0.139. The molecule has 1 amide bonds. The van der Waals surface area contributed by atoms with Crippen molar-refractivity contribution in [3.8, 4) is 5.75 Å². The van der Waals surface area contributed by atoms with Crippen molar-refractivity contribution in [1.29, 1.82) is 0 Å². The standard InChI is InChI=1S/C16H17NO4S/c1-11(8-14-6-3-7-22-14)17-16(20)12-4-2-5-13(9-12)21-10-15(18)19/h2-7,9,11H,8,10H2,1H3,(H,17,20)(H,18,19). The van der Waals surface area contributed by atoms with Crippen molar-refractivity contribution in [3.63, 3.8) is 0 Å². The number of hydrogen-bond donors (Lipinski definition) is 2. The Morgan fingerprint density at radius 3 is 2.82 bits per heavy atom. The number of carbonyl (C=O) groups excluding carboxylic acids is 1. The van der Waals surface area contributed by atoms with Gasteiger partial charge >= 0.3 is 5.97 Å². The molecule has 0 aliphatic carbocycles. The monoisotopic (exact) mass is 319 g/mol. The van der Waals surface area contributed by atoms with Crippen molar-refractivity contribution in [2.24, 2.45) is 0 Å². The minimum Gasteiger partial charge on any atom is -0.482 e. The zero-order valence-electron chi connectivity index (χ0n) is 12.1. The smallest absolute Gasteiger partial charge is 0.341 e. The van der Waals surface area contributed by atoms with Crippen molar-refractivity contribution < 1.29 is 19.4 Å². The van der Waals surface area contributed by atoms with Gasteiger partial charge in [-0.2, -0.15) is 0 Å². The molecular formula is C16H17NO4S. The number of carboxylic acid groups (broad SMARTS) is 1. The van der Waals surface area contributed by atoms with Crippen LogP contribution in [0.4, 0.5) is 0 Å². The van der Waals surface area contributed by atoms with Gasteiger partial charge in [-0.3, -0.25) is 4.79 Å². The van der Waals surface area contributed by atoms with Gasteiger partial charge in [0.1, 0.15) is 5.75 Å². The Morgan fingerprint density at radius 2 is 2.14 bits per heavy atom. The third kappa shape index (κ3) is 4.89. The topological polar surface area (TPSA) is 75.6 Å². The lowest BCUT2D eigenvalue weighted by Gasteiger charge is -2.13. The molecule has 116 valence electrons. The van der Waals surface area contributed by atoms with Crippen LogP contribution < -0.4 is 10.1 Å². The summed E-state index contributed by atoms with van der Waals surface area (Å²) in [7, 11) is 0. The Bertz CT molecular complexity index is 639. The molecule has 2 aromatic rings. The van der Waals surface area contributed by atoms with E-state index in [1.807, 2.05) is 24.4 Å². The van der Waals surface area contributed by atoms with Gasteiger partial charge in [-0.15, -0.1) is 11.3 Å². The van der Waals surface area contributed by atoms with Crippen LogP contribution >= 0.6 is 11.3 Å². The van der Waals surface area contributed by atoms with Crippen LogP contribution in [0.5, 0.6) is 5.75 Å². The maximum Gasteiger partial charge on any atom is 0.341 e. The van der Waals surface area contributed by atoms with Crippen LogP contribution in [0, 0.1) is 0 Å². The molecule has 5 nitrogen and oxygen atoms in total. The van der Waals surface area contributed by atoms with Crippen LogP contribution in [-0.4, -0.2) is 29.6 Å². The fourth-order valence-corrected chi connectivity index (χ4v) is 2.80. The highest BCUT2D eigenvalue weighted by molar-refractivity contribution is 7.09. The molecule has 2 rings (SSSR count). The van der Waals surface area contributed by atoms with E-state index in [1.54, 1.807) is 29.5 Å². The first kappa shape index (κ1) is 16.0. The van der Waals surface area contributed by atoms with Gasteiger partial charge in [0.15, 0.2) is 6.61 Å². The fraction of sp³-hybridized carbons (Fsp3) is 0.250. The third-order valence-electron chi connectivity index (χ3n) is 2.92. The minimum atomic E-state index is -1.06. The van der Waals surface area contributed by atoms with Crippen molar-refractivity contribution in [3.05, 3.63) is 52.2 Å². The molecule has 1 atom stereocenters. The summed E-state index contributed by atoms with van der Waals surface area (Å²) in [4.78, 5) is 23.9. The minimum absolute atomic E-state index is 0.00902. The zero-order chi connectivity index (χ0) is 15.9. The molecule has 0 bridgehead atoms. The van der Waals surface area contributed by atoms with Crippen LogP contribution in [0.15, 0.2) is 41.8 Å². The molecule has 0 aliphatic heterocycles. The van der Waals surface area contributed by atoms with E-state index in [9.17, 15) is 9.59 Å². The Balaban J connectivity index is 1.94. The average Bonchev–Trinajstić information content (AvgIpc) is 2.98. The molecule has 1 aromatic heterocycles. The molecular weight excluding hydrogens is 302 g/mol. The van der Waals surface area contributed by atoms with Gasteiger partial charge in [-0.05, 0) is 36.6 Å². The van der Waals surface area contributed by atoms with Gasteiger partial charge < -0.3 is 15.2 Å². The van der Waals surface area contributed by atoms with Crippen LogP contribution in [0.2, 0.25) is 0 Å². The van der Waals surface area contributed by atoms with E-state index in [0.29, 0.717) is 11.3 Å². The van der Waals surface area contributed by atoms with Gasteiger partial charge in [0, 0.05) is 22.9 Å². The molecule has 0 fully saturated rings. The van der Waals surface area contributed by atoms with Crippen LogP contribution in [0.25, 0.3) is 0 Å². The van der Waals surface area contributed by atoms with Gasteiger partial charge in [0.05, 0.1) is 0 Å². The number of amides is 1. The Kier molecular flexibility index (Phi) is 5.55. The molecule has 0 radical (unpaired) electrons. The van der Waals surface area contributed by atoms with Crippen LogP contribution in [0.1, 0.15) is 22.2 Å². The van der Waals surface area contributed by atoms with Crippen molar-refractivity contribution in [1.82, 2.24) is 5.32 Å². The number of carbonyl (C=O) groups is 2. The van der Waals surface area contributed by atoms with E-state index < -0.39 is 12.6 Å². The summed E-state index contributed by atoms with van der Waals surface area (Å²) in [5.41, 5.74) is 0.445. The first-order valence-electron chi connectivity index (χ1n) is 6.82. The highest BCUT2D eigenvalue weighted by Gasteiger charge is 2.12. The lowest BCUT2D eigenvalue weighted by Crippen LogP contribution is -2.33. The molecule has 1 unspecified atom stereocenters. The highest BCUT2D eigenvalue weighted by Crippen LogP contribution is 2.14. The maximum absolute atomic E-state index is 12.2. The number of aliphatic carboxylic acids is 1. The van der Waals surface area contributed by atoms with Gasteiger partial charge in [0.2, 0.25) is 0 Å². The van der Waals surface area contributed by atoms with Crippen molar-refractivity contribution >= 4 is 23.2 Å². The summed E-state index contributed by atoms with van der Waals surface area (Å²) in [6.45, 7) is 1.52. The molecule has 0 saturated heterocycles. The SMILES string of the molecule is CC(Cc1cccs1)NC(=O)c1cccc(OCC(=O)O)c1.